The standard InChI is InChI=1S/C19H23NO5/c21-17(25-11-13-1-3-16(4-2-13)20(23)24)10-18-6-14-5-15(7-18)9-19(22,8-14)12-18/h1-4,14-15,22H,5-12H2/t14-,15+,18?,19?. The molecule has 6 nitrogen and oxygen atoms in total. The summed E-state index contributed by atoms with van der Waals surface area (Å²) < 4.78 is 5.41. The van der Waals surface area contributed by atoms with Crippen LogP contribution in [0.15, 0.2) is 24.3 Å². The van der Waals surface area contributed by atoms with Crippen LogP contribution in [0.25, 0.3) is 0 Å². The number of aliphatic hydroxyl groups is 1. The number of nitrogens with zero attached hydrogens (tertiary/aromatic N) is 1. The Labute approximate surface area is 146 Å². The van der Waals surface area contributed by atoms with Gasteiger partial charge in [0.25, 0.3) is 5.69 Å². The van der Waals surface area contributed by atoms with E-state index < -0.39 is 10.5 Å². The summed E-state index contributed by atoms with van der Waals surface area (Å²) in [7, 11) is 0. The molecule has 0 saturated heterocycles. The molecule has 4 aliphatic rings. The normalized spacial score (nSPS) is 35.6. The number of carbonyl (C=O) groups is 1. The number of carbonyl (C=O) groups excluding carboxylic acids is 1. The van der Waals surface area contributed by atoms with Crippen LogP contribution in [0.2, 0.25) is 0 Å². The maximum absolute atomic E-state index is 12.4. The van der Waals surface area contributed by atoms with Crippen LogP contribution >= 0.6 is 0 Å². The van der Waals surface area contributed by atoms with Crippen molar-refractivity contribution in [3.8, 4) is 0 Å². The van der Waals surface area contributed by atoms with Gasteiger partial charge >= 0.3 is 5.97 Å². The molecule has 4 fully saturated rings. The number of nitro benzene ring substituents is 1. The molecular formula is C19H23NO5. The quantitative estimate of drug-likeness (QED) is 0.502. The van der Waals surface area contributed by atoms with Crippen molar-refractivity contribution >= 4 is 11.7 Å². The highest BCUT2D eigenvalue weighted by Crippen LogP contribution is 2.62. The fourth-order valence-corrected chi connectivity index (χ4v) is 5.84. The predicted octanol–water partition coefficient (Wildman–Crippen LogP) is 3.36. The summed E-state index contributed by atoms with van der Waals surface area (Å²) in [5.41, 5.74) is 0.105. The molecule has 6 heteroatoms. The number of non-ortho nitro benzene ring substituents is 1. The van der Waals surface area contributed by atoms with Crippen molar-refractivity contribution < 1.29 is 19.6 Å². The monoisotopic (exact) mass is 345 g/mol. The molecule has 0 heterocycles. The van der Waals surface area contributed by atoms with E-state index in [4.69, 9.17) is 4.74 Å². The van der Waals surface area contributed by atoms with Crippen molar-refractivity contribution in [1.29, 1.82) is 0 Å². The van der Waals surface area contributed by atoms with E-state index in [0.29, 0.717) is 18.3 Å². The van der Waals surface area contributed by atoms with E-state index in [1.165, 1.54) is 18.6 Å². The molecule has 1 aromatic carbocycles. The Kier molecular flexibility index (Phi) is 3.83. The fraction of sp³-hybridized carbons (Fsp3) is 0.632. The Balaban J connectivity index is 1.35. The van der Waals surface area contributed by atoms with Crippen molar-refractivity contribution in [2.45, 2.75) is 57.2 Å². The average Bonchev–Trinajstić information content (AvgIpc) is 2.50. The molecular weight excluding hydrogens is 322 g/mol. The van der Waals surface area contributed by atoms with Gasteiger partial charge in [0.1, 0.15) is 6.61 Å². The largest absolute Gasteiger partial charge is 0.461 e. The molecule has 4 saturated carbocycles. The number of esters is 1. The third-order valence-corrected chi connectivity index (χ3v) is 6.22. The summed E-state index contributed by atoms with van der Waals surface area (Å²) in [4.78, 5) is 22.6. The van der Waals surface area contributed by atoms with E-state index in [1.54, 1.807) is 12.1 Å². The van der Waals surface area contributed by atoms with Gasteiger partial charge in [-0.1, -0.05) is 0 Å². The molecule has 0 aromatic heterocycles. The predicted molar refractivity (Wildman–Crippen MR) is 89.6 cm³/mol. The van der Waals surface area contributed by atoms with E-state index in [0.717, 1.165) is 37.7 Å². The van der Waals surface area contributed by atoms with E-state index in [-0.39, 0.29) is 23.7 Å². The minimum atomic E-state index is -0.567. The van der Waals surface area contributed by atoms with Crippen LogP contribution in [0.3, 0.4) is 0 Å². The van der Waals surface area contributed by atoms with Crippen LogP contribution in [0, 0.1) is 27.4 Å². The van der Waals surface area contributed by atoms with Crippen LogP contribution in [-0.2, 0) is 16.1 Å². The van der Waals surface area contributed by atoms with Crippen molar-refractivity contribution in [1.82, 2.24) is 0 Å². The van der Waals surface area contributed by atoms with Crippen LogP contribution in [-0.4, -0.2) is 21.6 Å². The Morgan fingerprint density at radius 1 is 1.20 bits per heavy atom. The summed E-state index contributed by atoms with van der Waals surface area (Å²) >= 11 is 0. The van der Waals surface area contributed by atoms with Gasteiger partial charge in [-0.05, 0) is 73.5 Å². The van der Waals surface area contributed by atoms with Crippen LogP contribution in [0.1, 0.15) is 50.5 Å². The zero-order valence-corrected chi connectivity index (χ0v) is 14.1. The lowest BCUT2D eigenvalue weighted by Gasteiger charge is -2.60. The molecule has 2 unspecified atom stereocenters. The highest BCUT2D eigenvalue weighted by Gasteiger charge is 2.57. The smallest absolute Gasteiger partial charge is 0.306 e. The molecule has 1 aromatic rings. The number of hydrogen-bond acceptors (Lipinski definition) is 5. The Bertz CT molecular complexity index is 684. The maximum Gasteiger partial charge on any atom is 0.306 e. The lowest BCUT2D eigenvalue weighted by Crippen LogP contribution is -2.56. The molecule has 4 bridgehead atoms. The Hall–Kier alpha value is -1.95. The Morgan fingerprint density at radius 2 is 1.84 bits per heavy atom. The molecule has 0 radical (unpaired) electrons. The molecule has 0 aliphatic heterocycles. The Morgan fingerprint density at radius 3 is 2.40 bits per heavy atom. The number of benzene rings is 1. The first-order valence-electron chi connectivity index (χ1n) is 8.96. The van der Waals surface area contributed by atoms with Gasteiger partial charge in [0.2, 0.25) is 0 Å². The third kappa shape index (κ3) is 3.27. The van der Waals surface area contributed by atoms with Crippen molar-refractivity contribution in [3.05, 3.63) is 39.9 Å². The topological polar surface area (TPSA) is 89.7 Å². The molecule has 0 spiro atoms. The number of ether oxygens (including phenoxy) is 1. The first-order valence-corrected chi connectivity index (χ1v) is 8.96. The summed E-state index contributed by atoms with van der Waals surface area (Å²) in [6, 6.07) is 6.05. The van der Waals surface area contributed by atoms with Gasteiger partial charge < -0.3 is 9.84 Å². The van der Waals surface area contributed by atoms with Gasteiger partial charge in [-0.15, -0.1) is 0 Å². The van der Waals surface area contributed by atoms with E-state index >= 15 is 0 Å². The summed E-state index contributed by atoms with van der Waals surface area (Å²) in [6.07, 6.45) is 6.12. The molecule has 5 rings (SSSR count). The van der Waals surface area contributed by atoms with Crippen LogP contribution < -0.4 is 0 Å². The maximum atomic E-state index is 12.4. The molecule has 4 aliphatic carbocycles. The molecule has 0 amide bonds. The second kappa shape index (κ2) is 5.80. The molecule has 4 atom stereocenters. The van der Waals surface area contributed by atoms with Crippen LogP contribution in [0.4, 0.5) is 5.69 Å². The zero-order chi connectivity index (χ0) is 17.7. The first-order chi connectivity index (χ1) is 11.8. The first kappa shape index (κ1) is 16.5. The second-order valence-electron chi connectivity index (χ2n) is 8.45. The van der Waals surface area contributed by atoms with Gasteiger partial charge in [-0.3, -0.25) is 14.9 Å². The zero-order valence-electron chi connectivity index (χ0n) is 14.1. The van der Waals surface area contributed by atoms with Crippen LogP contribution in [0.5, 0.6) is 0 Å². The third-order valence-electron chi connectivity index (χ3n) is 6.22. The lowest BCUT2D eigenvalue weighted by atomic mass is 9.47. The van der Waals surface area contributed by atoms with Gasteiger partial charge in [-0.2, -0.15) is 0 Å². The number of nitro groups is 1. The van der Waals surface area contributed by atoms with Gasteiger partial charge in [-0.25, -0.2) is 0 Å². The fourth-order valence-electron chi connectivity index (χ4n) is 5.84. The molecule has 134 valence electrons. The molecule has 1 N–H and O–H groups in total. The number of rotatable bonds is 5. The van der Waals surface area contributed by atoms with E-state index in [1.807, 2.05) is 0 Å². The second-order valence-corrected chi connectivity index (χ2v) is 8.45. The van der Waals surface area contributed by atoms with Gasteiger partial charge in [0.15, 0.2) is 0 Å². The molecule has 25 heavy (non-hydrogen) atoms. The average molecular weight is 345 g/mol. The van der Waals surface area contributed by atoms with E-state index in [2.05, 4.69) is 0 Å². The summed E-state index contributed by atoms with van der Waals surface area (Å²) in [6.45, 7) is 0.129. The number of hydrogen-bond donors (Lipinski definition) is 1. The summed E-state index contributed by atoms with van der Waals surface area (Å²) in [5, 5.41) is 21.4. The minimum Gasteiger partial charge on any atom is -0.461 e. The SMILES string of the molecule is O=C(CC12C[C@@H]3C[C@@H](CC(O)(C3)C1)C2)OCc1ccc([N+](=O)[O-])cc1. The minimum absolute atomic E-state index is 0.0249. The van der Waals surface area contributed by atoms with Crippen molar-refractivity contribution in [2.24, 2.45) is 17.3 Å². The van der Waals surface area contributed by atoms with E-state index in [9.17, 15) is 20.0 Å². The highest BCUT2D eigenvalue weighted by molar-refractivity contribution is 5.70. The van der Waals surface area contributed by atoms with Gasteiger partial charge in [0.05, 0.1) is 16.9 Å². The summed E-state index contributed by atoms with van der Waals surface area (Å²) in [5.74, 6) is 0.867. The van der Waals surface area contributed by atoms with Crippen molar-refractivity contribution in [3.63, 3.8) is 0 Å². The lowest BCUT2D eigenvalue weighted by molar-refractivity contribution is -0.384. The highest BCUT2D eigenvalue weighted by atomic mass is 16.6. The van der Waals surface area contributed by atoms with Crippen molar-refractivity contribution in [2.75, 3.05) is 0 Å². The van der Waals surface area contributed by atoms with Gasteiger partial charge in [0, 0.05) is 12.1 Å².